The molecule has 0 aliphatic heterocycles. The molecule has 0 saturated heterocycles. The fourth-order valence-corrected chi connectivity index (χ4v) is 2.66. The van der Waals surface area contributed by atoms with Crippen molar-refractivity contribution >= 4 is 27.5 Å². The van der Waals surface area contributed by atoms with Crippen molar-refractivity contribution in [1.82, 2.24) is 5.32 Å². The number of benzene rings is 1. The van der Waals surface area contributed by atoms with Crippen molar-refractivity contribution in [1.29, 1.82) is 0 Å². The summed E-state index contributed by atoms with van der Waals surface area (Å²) < 4.78 is 28.2. The fraction of sp³-hybridized carbons (Fsp3) is 0.462. The molecule has 0 aliphatic carbocycles. The third-order valence-electron chi connectivity index (χ3n) is 2.92. The van der Waals surface area contributed by atoms with E-state index in [1.54, 1.807) is 0 Å². The lowest BCUT2D eigenvalue weighted by molar-refractivity contribution is -0.123. The third kappa shape index (κ3) is 5.53. The monoisotopic (exact) mass is 334 g/mol. The average Bonchev–Trinajstić information content (AvgIpc) is 2.42. The van der Waals surface area contributed by atoms with Crippen LogP contribution in [0.4, 0.5) is 0 Å². The molecule has 0 atom stereocenters. The zero-order valence-corrected chi connectivity index (χ0v) is 13.5. The lowest BCUT2D eigenvalue weighted by atomic mass is 10.2. The smallest absolute Gasteiger partial charge is 0.258 e. The van der Waals surface area contributed by atoms with E-state index in [1.165, 1.54) is 18.2 Å². The van der Waals surface area contributed by atoms with Crippen molar-refractivity contribution in [3.8, 4) is 5.75 Å². The molecule has 0 spiro atoms. The molecule has 1 amide bonds. The number of ether oxygens (including phenoxy) is 1. The van der Waals surface area contributed by atoms with E-state index in [0.717, 1.165) is 12.8 Å². The second kappa shape index (κ2) is 7.63. The highest BCUT2D eigenvalue weighted by Crippen LogP contribution is 2.26. The van der Waals surface area contributed by atoms with Crippen LogP contribution in [0.5, 0.6) is 5.75 Å². The van der Waals surface area contributed by atoms with E-state index < -0.39 is 10.0 Å². The first-order valence-corrected chi connectivity index (χ1v) is 8.44. The number of sulfonamides is 1. The van der Waals surface area contributed by atoms with E-state index in [-0.39, 0.29) is 34.2 Å². The highest BCUT2D eigenvalue weighted by Gasteiger charge is 2.17. The maximum atomic E-state index is 11.7. The molecule has 0 bridgehead atoms. The molecule has 1 rings (SSSR count). The van der Waals surface area contributed by atoms with Gasteiger partial charge in [-0.25, -0.2) is 13.6 Å². The van der Waals surface area contributed by atoms with Gasteiger partial charge in [0, 0.05) is 11.1 Å². The maximum absolute atomic E-state index is 11.7. The standard InChI is InChI=1S/C13H19ClN2O4S/c1-3-10(4-2)16-13(17)8-20-11-6-5-9(14)7-12(11)21(15,18)19/h5-7,10H,3-4,8H2,1-2H3,(H,16,17)(H2,15,18,19). The van der Waals surface area contributed by atoms with Gasteiger partial charge in [-0.15, -0.1) is 0 Å². The van der Waals surface area contributed by atoms with Crippen LogP contribution < -0.4 is 15.2 Å². The van der Waals surface area contributed by atoms with E-state index in [0.29, 0.717) is 0 Å². The molecule has 8 heteroatoms. The van der Waals surface area contributed by atoms with Crippen LogP contribution in [0.1, 0.15) is 26.7 Å². The van der Waals surface area contributed by atoms with Gasteiger partial charge in [0.15, 0.2) is 6.61 Å². The minimum absolute atomic E-state index is 0.00148. The van der Waals surface area contributed by atoms with Gasteiger partial charge in [0.05, 0.1) is 0 Å². The van der Waals surface area contributed by atoms with Crippen LogP contribution >= 0.6 is 11.6 Å². The first-order valence-electron chi connectivity index (χ1n) is 6.52. The number of carbonyl (C=O) groups is 1. The Hall–Kier alpha value is -1.31. The summed E-state index contributed by atoms with van der Waals surface area (Å²) in [4.78, 5) is 11.5. The summed E-state index contributed by atoms with van der Waals surface area (Å²) in [5.74, 6) is -0.319. The van der Waals surface area contributed by atoms with Gasteiger partial charge in [-0.2, -0.15) is 0 Å². The number of halogens is 1. The Bertz CT molecular complexity index is 600. The van der Waals surface area contributed by atoms with Gasteiger partial charge in [-0.1, -0.05) is 25.4 Å². The fourth-order valence-electron chi connectivity index (χ4n) is 1.73. The molecule has 0 fully saturated rings. The van der Waals surface area contributed by atoms with Crippen LogP contribution in [0.25, 0.3) is 0 Å². The predicted octanol–water partition coefficient (Wildman–Crippen LogP) is 1.67. The van der Waals surface area contributed by atoms with Gasteiger partial charge in [0.2, 0.25) is 10.0 Å². The zero-order chi connectivity index (χ0) is 16.0. The Kier molecular flexibility index (Phi) is 6.44. The molecular weight excluding hydrogens is 316 g/mol. The number of rotatable bonds is 7. The van der Waals surface area contributed by atoms with E-state index in [1.807, 2.05) is 13.8 Å². The molecular formula is C13H19ClN2O4S. The van der Waals surface area contributed by atoms with Gasteiger partial charge in [-0.05, 0) is 31.0 Å². The van der Waals surface area contributed by atoms with E-state index in [2.05, 4.69) is 5.32 Å². The zero-order valence-electron chi connectivity index (χ0n) is 11.9. The number of hydrogen-bond acceptors (Lipinski definition) is 4. The molecule has 1 aromatic carbocycles. The van der Waals surface area contributed by atoms with Crippen LogP contribution in [0, 0.1) is 0 Å². The van der Waals surface area contributed by atoms with Gasteiger partial charge in [0.25, 0.3) is 5.91 Å². The van der Waals surface area contributed by atoms with Gasteiger partial charge < -0.3 is 10.1 Å². The van der Waals surface area contributed by atoms with Crippen molar-refractivity contribution in [2.45, 2.75) is 37.6 Å². The molecule has 0 saturated carbocycles. The van der Waals surface area contributed by atoms with Gasteiger partial charge >= 0.3 is 0 Å². The predicted molar refractivity (Wildman–Crippen MR) is 80.8 cm³/mol. The van der Waals surface area contributed by atoms with Crippen LogP contribution in [0.2, 0.25) is 5.02 Å². The summed E-state index contributed by atoms with van der Waals surface area (Å²) >= 11 is 5.74. The Labute approximate surface area is 129 Å². The molecule has 0 radical (unpaired) electrons. The maximum Gasteiger partial charge on any atom is 0.258 e. The Morgan fingerprint density at radius 3 is 2.52 bits per heavy atom. The topological polar surface area (TPSA) is 98.5 Å². The van der Waals surface area contributed by atoms with Crippen molar-refractivity contribution < 1.29 is 17.9 Å². The number of amides is 1. The minimum atomic E-state index is -3.98. The van der Waals surface area contributed by atoms with Crippen molar-refractivity contribution in [2.75, 3.05) is 6.61 Å². The summed E-state index contributed by atoms with van der Waals surface area (Å²) in [6.45, 7) is 3.64. The number of nitrogens with two attached hydrogens (primary N) is 1. The number of hydrogen-bond donors (Lipinski definition) is 2. The first-order chi connectivity index (χ1) is 9.77. The van der Waals surface area contributed by atoms with Crippen molar-refractivity contribution in [3.63, 3.8) is 0 Å². The molecule has 0 unspecified atom stereocenters. The highest BCUT2D eigenvalue weighted by molar-refractivity contribution is 7.89. The summed E-state index contributed by atoms with van der Waals surface area (Å²) in [7, 11) is -3.98. The SMILES string of the molecule is CCC(CC)NC(=O)COc1ccc(Cl)cc1S(N)(=O)=O. The highest BCUT2D eigenvalue weighted by atomic mass is 35.5. The van der Waals surface area contributed by atoms with Gasteiger partial charge in [-0.3, -0.25) is 4.79 Å². The molecule has 0 aromatic heterocycles. The van der Waals surface area contributed by atoms with Crippen LogP contribution in [0.3, 0.4) is 0 Å². The molecule has 0 heterocycles. The first kappa shape index (κ1) is 17.7. The summed E-state index contributed by atoms with van der Waals surface area (Å²) in [5, 5.41) is 8.09. The number of primary sulfonamides is 1. The largest absolute Gasteiger partial charge is 0.482 e. The molecule has 21 heavy (non-hydrogen) atoms. The van der Waals surface area contributed by atoms with E-state index in [4.69, 9.17) is 21.5 Å². The summed E-state index contributed by atoms with van der Waals surface area (Å²) in [5.41, 5.74) is 0. The van der Waals surface area contributed by atoms with Crippen molar-refractivity contribution in [3.05, 3.63) is 23.2 Å². The molecule has 3 N–H and O–H groups in total. The van der Waals surface area contributed by atoms with Gasteiger partial charge in [0.1, 0.15) is 10.6 Å². The Morgan fingerprint density at radius 1 is 1.38 bits per heavy atom. The second-order valence-electron chi connectivity index (χ2n) is 4.51. The number of carbonyl (C=O) groups excluding carboxylic acids is 1. The average molecular weight is 335 g/mol. The van der Waals surface area contributed by atoms with E-state index >= 15 is 0 Å². The lowest BCUT2D eigenvalue weighted by Gasteiger charge is -2.15. The molecule has 1 aromatic rings. The molecule has 118 valence electrons. The second-order valence-corrected chi connectivity index (χ2v) is 6.47. The minimum Gasteiger partial charge on any atom is -0.482 e. The summed E-state index contributed by atoms with van der Waals surface area (Å²) in [6, 6.07) is 4.09. The van der Waals surface area contributed by atoms with Crippen LogP contribution in [0.15, 0.2) is 23.1 Å². The van der Waals surface area contributed by atoms with E-state index in [9.17, 15) is 13.2 Å². The Morgan fingerprint density at radius 2 is 2.00 bits per heavy atom. The lowest BCUT2D eigenvalue weighted by Crippen LogP contribution is -2.37. The number of nitrogens with one attached hydrogen (secondary N) is 1. The van der Waals surface area contributed by atoms with Crippen LogP contribution in [-0.2, 0) is 14.8 Å². The normalized spacial score (nSPS) is 11.5. The quantitative estimate of drug-likeness (QED) is 0.792. The summed E-state index contributed by atoms with van der Waals surface area (Å²) in [6.07, 6.45) is 1.62. The van der Waals surface area contributed by atoms with Crippen LogP contribution in [-0.4, -0.2) is 27.0 Å². The van der Waals surface area contributed by atoms with Crippen molar-refractivity contribution in [2.24, 2.45) is 5.14 Å². The Balaban J connectivity index is 2.78. The molecule has 0 aliphatic rings. The third-order valence-corrected chi connectivity index (χ3v) is 4.09. The molecule has 6 nitrogen and oxygen atoms in total.